The van der Waals surface area contributed by atoms with Crippen LogP contribution in [0.4, 0.5) is 0 Å². The maximum Gasteiger partial charge on any atom is 0.148 e. The maximum atomic E-state index is 6.18. The van der Waals surface area contributed by atoms with Crippen molar-refractivity contribution in [1.29, 1.82) is 0 Å². The van der Waals surface area contributed by atoms with E-state index < -0.39 is 0 Å². The quantitative estimate of drug-likeness (QED) is 0.642. The molecule has 20 heavy (non-hydrogen) atoms. The third-order valence-corrected chi connectivity index (χ3v) is 4.34. The Balaban J connectivity index is 2.70. The van der Waals surface area contributed by atoms with Gasteiger partial charge in [0.25, 0.3) is 0 Å². The van der Waals surface area contributed by atoms with Crippen LogP contribution >= 0.6 is 50.7 Å². The summed E-state index contributed by atoms with van der Waals surface area (Å²) in [6.45, 7) is 0. The Labute approximate surface area is 139 Å². The fraction of sp³-hybridized carbons (Fsp3) is 0.154. The van der Waals surface area contributed by atoms with Gasteiger partial charge in [-0.1, -0.05) is 34.8 Å². The van der Waals surface area contributed by atoms with Crippen molar-refractivity contribution in [1.82, 2.24) is 4.98 Å². The standard InChI is InChI=1S/C13H9BrCl3NO2/c1-19-9-4-3-6(12(20-2)10(9)14)11-7(15)5-8(16)13(17)18-11/h3-5H,1-2H3. The molecule has 0 bridgehead atoms. The van der Waals surface area contributed by atoms with Gasteiger partial charge in [-0.2, -0.15) is 0 Å². The predicted molar refractivity (Wildman–Crippen MR) is 85.5 cm³/mol. The van der Waals surface area contributed by atoms with Gasteiger partial charge in [0.15, 0.2) is 0 Å². The summed E-state index contributed by atoms with van der Waals surface area (Å²) in [5, 5.41) is 0.863. The third kappa shape index (κ3) is 2.84. The first-order valence-electron chi connectivity index (χ1n) is 5.42. The second-order valence-corrected chi connectivity index (χ2v) is 5.72. The van der Waals surface area contributed by atoms with Crippen LogP contribution in [0.5, 0.6) is 11.5 Å². The van der Waals surface area contributed by atoms with E-state index in [0.29, 0.717) is 37.3 Å². The van der Waals surface area contributed by atoms with Crippen LogP contribution in [0.15, 0.2) is 22.7 Å². The number of hydrogen-bond donors (Lipinski definition) is 0. The van der Waals surface area contributed by atoms with Crippen LogP contribution in [0.1, 0.15) is 0 Å². The zero-order valence-corrected chi connectivity index (χ0v) is 14.4. The van der Waals surface area contributed by atoms with E-state index in [1.807, 2.05) is 0 Å². The average molecular weight is 397 g/mol. The molecule has 0 atom stereocenters. The summed E-state index contributed by atoms with van der Waals surface area (Å²) in [6, 6.07) is 5.12. The first-order valence-corrected chi connectivity index (χ1v) is 7.34. The molecular weight excluding hydrogens is 388 g/mol. The van der Waals surface area contributed by atoms with Gasteiger partial charge in [0.2, 0.25) is 0 Å². The minimum Gasteiger partial charge on any atom is -0.495 e. The number of nitrogens with zero attached hydrogens (tertiary/aromatic N) is 1. The highest BCUT2D eigenvalue weighted by Crippen LogP contribution is 2.44. The molecule has 0 aliphatic rings. The molecule has 3 nitrogen and oxygen atoms in total. The lowest BCUT2D eigenvalue weighted by Gasteiger charge is -2.14. The van der Waals surface area contributed by atoms with Gasteiger partial charge in [-0.25, -0.2) is 4.98 Å². The normalized spacial score (nSPS) is 10.5. The Hall–Kier alpha value is -0.680. The van der Waals surface area contributed by atoms with E-state index in [2.05, 4.69) is 20.9 Å². The van der Waals surface area contributed by atoms with Crippen molar-refractivity contribution in [3.05, 3.63) is 37.9 Å². The van der Waals surface area contributed by atoms with Crippen LogP contribution in [0.25, 0.3) is 11.3 Å². The SMILES string of the molecule is COc1ccc(-c2nc(Cl)c(Cl)cc2Cl)c(OC)c1Br. The van der Waals surface area contributed by atoms with Crippen molar-refractivity contribution >= 4 is 50.7 Å². The molecule has 0 aliphatic heterocycles. The number of rotatable bonds is 3. The number of aromatic nitrogens is 1. The topological polar surface area (TPSA) is 31.4 Å². The molecule has 0 saturated heterocycles. The van der Waals surface area contributed by atoms with E-state index in [1.165, 1.54) is 0 Å². The van der Waals surface area contributed by atoms with Crippen molar-refractivity contribution in [3.63, 3.8) is 0 Å². The smallest absolute Gasteiger partial charge is 0.148 e. The van der Waals surface area contributed by atoms with E-state index in [0.717, 1.165) is 0 Å². The molecule has 0 saturated carbocycles. The van der Waals surface area contributed by atoms with E-state index in [4.69, 9.17) is 44.3 Å². The number of ether oxygens (including phenoxy) is 2. The van der Waals surface area contributed by atoms with Crippen LogP contribution in [0.3, 0.4) is 0 Å². The lowest BCUT2D eigenvalue weighted by molar-refractivity contribution is 0.390. The van der Waals surface area contributed by atoms with Crippen LogP contribution in [0.2, 0.25) is 15.2 Å². The Morgan fingerprint density at radius 2 is 1.75 bits per heavy atom. The average Bonchev–Trinajstić information content (AvgIpc) is 2.42. The summed E-state index contributed by atoms with van der Waals surface area (Å²) in [5.74, 6) is 1.19. The fourth-order valence-corrected chi connectivity index (χ4v) is 2.98. The van der Waals surface area contributed by atoms with E-state index in [-0.39, 0.29) is 5.15 Å². The molecule has 1 aromatic carbocycles. The molecule has 0 spiro atoms. The molecule has 2 rings (SSSR count). The molecule has 0 fully saturated rings. The van der Waals surface area contributed by atoms with Crippen LogP contribution in [-0.4, -0.2) is 19.2 Å². The minimum atomic E-state index is 0.181. The highest BCUT2D eigenvalue weighted by Gasteiger charge is 2.18. The van der Waals surface area contributed by atoms with Crippen molar-refractivity contribution in [2.45, 2.75) is 0 Å². The Bertz CT molecular complexity index is 665. The van der Waals surface area contributed by atoms with Crippen molar-refractivity contribution in [2.24, 2.45) is 0 Å². The van der Waals surface area contributed by atoms with Gasteiger partial charge >= 0.3 is 0 Å². The summed E-state index contributed by atoms with van der Waals surface area (Å²) in [6.07, 6.45) is 0. The zero-order chi connectivity index (χ0) is 14.9. The summed E-state index contributed by atoms with van der Waals surface area (Å²) in [4.78, 5) is 4.21. The Morgan fingerprint density at radius 1 is 1.05 bits per heavy atom. The number of pyridine rings is 1. The predicted octanol–water partition coefficient (Wildman–Crippen LogP) is 5.49. The summed E-state index contributed by atoms with van der Waals surface area (Å²) >= 11 is 21.4. The first kappa shape index (κ1) is 15.7. The minimum absolute atomic E-state index is 0.181. The molecule has 2 aromatic rings. The van der Waals surface area contributed by atoms with Crippen LogP contribution < -0.4 is 9.47 Å². The molecule has 0 radical (unpaired) electrons. The van der Waals surface area contributed by atoms with Gasteiger partial charge in [0, 0.05) is 5.56 Å². The molecule has 0 N–H and O–H groups in total. The summed E-state index contributed by atoms with van der Waals surface area (Å²) in [5.41, 5.74) is 1.17. The molecule has 0 aliphatic carbocycles. The fourth-order valence-electron chi connectivity index (χ4n) is 1.71. The highest BCUT2D eigenvalue weighted by molar-refractivity contribution is 9.10. The van der Waals surface area contributed by atoms with E-state index in [1.54, 1.807) is 32.4 Å². The van der Waals surface area contributed by atoms with E-state index in [9.17, 15) is 0 Å². The van der Waals surface area contributed by atoms with Gasteiger partial charge in [0.1, 0.15) is 21.1 Å². The molecule has 0 amide bonds. The van der Waals surface area contributed by atoms with Gasteiger partial charge in [0.05, 0.1) is 30.0 Å². The number of hydrogen-bond acceptors (Lipinski definition) is 3. The lowest BCUT2D eigenvalue weighted by atomic mass is 10.1. The summed E-state index contributed by atoms with van der Waals surface area (Å²) in [7, 11) is 3.12. The third-order valence-electron chi connectivity index (χ3n) is 2.63. The second kappa shape index (κ2) is 6.39. The molecular formula is C13H9BrCl3NO2. The largest absolute Gasteiger partial charge is 0.495 e. The molecule has 1 heterocycles. The highest BCUT2D eigenvalue weighted by atomic mass is 79.9. The molecule has 1 aromatic heterocycles. The van der Waals surface area contributed by atoms with Crippen molar-refractivity contribution < 1.29 is 9.47 Å². The number of benzene rings is 1. The van der Waals surface area contributed by atoms with Crippen LogP contribution in [-0.2, 0) is 0 Å². The molecule has 0 unspecified atom stereocenters. The van der Waals surface area contributed by atoms with Gasteiger partial charge in [-0.3, -0.25) is 0 Å². The van der Waals surface area contributed by atoms with Crippen LogP contribution in [0, 0.1) is 0 Å². The Kier molecular flexibility index (Phi) is 5.02. The summed E-state index contributed by atoms with van der Waals surface area (Å²) < 4.78 is 11.3. The Morgan fingerprint density at radius 3 is 2.35 bits per heavy atom. The van der Waals surface area contributed by atoms with Crippen molar-refractivity contribution in [2.75, 3.05) is 14.2 Å². The molecule has 7 heteroatoms. The molecule has 106 valence electrons. The number of halogens is 4. The zero-order valence-electron chi connectivity index (χ0n) is 10.5. The van der Waals surface area contributed by atoms with Crippen molar-refractivity contribution in [3.8, 4) is 22.8 Å². The second-order valence-electron chi connectivity index (χ2n) is 3.75. The van der Waals surface area contributed by atoms with Gasteiger partial charge in [-0.15, -0.1) is 0 Å². The van der Waals surface area contributed by atoms with E-state index >= 15 is 0 Å². The van der Waals surface area contributed by atoms with Gasteiger partial charge < -0.3 is 9.47 Å². The van der Waals surface area contributed by atoms with Gasteiger partial charge in [-0.05, 0) is 34.1 Å². The maximum absolute atomic E-state index is 6.18. The monoisotopic (exact) mass is 395 g/mol. The first-order chi connectivity index (χ1) is 9.49. The lowest BCUT2D eigenvalue weighted by Crippen LogP contribution is -1.95. The number of methoxy groups -OCH3 is 2.